The second-order valence-corrected chi connectivity index (χ2v) is 5.30. The van der Waals surface area contributed by atoms with Gasteiger partial charge < -0.3 is 9.84 Å². The van der Waals surface area contributed by atoms with E-state index < -0.39 is 0 Å². The van der Waals surface area contributed by atoms with E-state index in [4.69, 9.17) is 4.52 Å². The Balaban J connectivity index is 1.60. The number of amides is 1. The molecule has 0 aliphatic heterocycles. The highest BCUT2D eigenvalue weighted by atomic mass is 16.5. The van der Waals surface area contributed by atoms with Crippen LogP contribution in [0, 0.1) is 0 Å². The van der Waals surface area contributed by atoms with Gasteiger partial charge in [0.05, 0.1) is 6.42 Å². The van der Waals surface area contributed by atoms with Crippen molar-refractivity contribution in [1.29, 1.82) is 0 Å². The average molecular weight is 295 g/mol. The van der Waals surface area contributed by atoms with E-state index >= 15 is 0 Å². The van der Waals surface area contributed by atoms with Gasteiger partial charge in [0.25, 0.3) is 0 Å². The molecule has 1 N–H and O–H groups in total. The number of fused-ring (bicyclic) bond motifs is 1. The number of carbonyl (C=O) groups excluding carboxylic acids is 1. The molecular formula is C17H17N3O2. The molecule has 112 valence electrons. The Bertz CT molecular complexity index is 768. The summed E-state index contributed by atoms with van der Waals surface area (Å²) in [6, 6.07) is 13.3. The van der Waals surface area contributed by atoms with Crippen LogP contribution in [-0.4, -0.2) is 22.1 Å². The highest BCUT2D eigenvalue weighted by molar-refractivity contribution is 5.86. The zero-order chi connectivity index (χ0) is 15.4. The van der Waals surface area contributed by atoms with Crippen molar-refractivity contribution < 1.29 is 9.32 Å². The molecule has 5 nitrogen and oxygen atoms in total. The lowest BCUT2D eigenvalue weighted by Crippen LogP contribution is -2.35. The van der Waals surface area contributed by atoms with Gasteiger partial charge in [-0.1, -0.05) is 23.4 Å². The first-order chi connectivity index (χ1) is 10.7. The standard InChI is InChI=1S/C17H17N3O2/c1-12(10-13-6-4-5-9-18-13)19-17(21)11-15-14-7-2-3-8-16(14)22-20-15/h2-9,12H,10-11H2,1H3,(H,19,21)/t12-/m0/s1. The summed E-state index contributed by atoms with van der Waals surface area (Å²) in [5, 5.41) is 7.83. The molecule has 0 spiro atoms. The second-order valence-electron chi connectivity index (χ2n) is 5.30. The number of aromatic nitrogens is 2. The summed E-state index contributed by atoms with van der Waals surface area (Å²) in [5.41, 5.74) is 2.33. The van der Waals surface area contributed by atoms with Gasteiger partial charge in [-0.15, -0.1) is 0 Å². The number of hydrogen-bond acceptors (Lipinski definition) is 4. The highest BCUT2D eigenvalue weighted by Crippen LogP contribution is 2.18. The lowest BCUT2D eigenvalue weighted by molar-refractivity contribution is -0.121. The van der Waals surface area contributed by atoms with Gasteiger partial charge in [-0.3, -0.25) is 9.78 Å². The SMILES string of the molecule is C[C@@H](Cc1ccccn1)NC(=O)Cc1noc2ccccc12. The highest BCUT2D eigenvalue weighted by Gasteiger charge is 2.14. The molecule has 1 amide bonds. The maximum Gasteiger partial charge on any atom is 0.226 e. The van der Waals surface area contributed by atoms with Crippen molar-refractivity contribution in [2.75, 3.05) is 0 Å². The number of nitrogens with one attached hydrogen (secondary N) is 1. The maximum absolute atomic E-state index is 12.1. The Morgan fingerprint density at radius 3 is 2.86 bits per heavy atom. The van der Waals surface area contributed by atoms with E-state index in [9.17, 15) is 4.79 Å². The minimum absolute atomic E-state index is 0.0144. The summed E-state index contributed by atoms with van der Waals surface area (Å²) in [6.45, 7) is 1.97. The summed E-state index contributed by atoms with van der Waals surface area (Å²) in [7, 11) is 0. The Morgan fingerprint density at radius 1 is 1.23 bits per heavy atom. The van der Waals surface area contributed by atoms with Crippen LogP contribution in [0.2, 0.25) is 0 Å². The first kappa shape index (κ1) is 14.3. The smallest absolute Gasteiger partial charge is 0.226 e. The van der Waals surface area contributed by atoms with E-state index in [1.165, 1.54) is 0 Å². The number of benzene rings is 1. The van der Waals surface area contributed by atoms with E-state index in [0.29, 0.717) is 17.7 Å². The van der Waals surface area contributed by atoms with Gasteiger partial charge >= 0.3 is 0 Å². The summed E-state index contributed by atoms with van der Waals surface area (Å²) in [4.78, 5) is 16.4. The molecule has 0 aliphatic rings. The number of pyridine rings is 1. The number of nitrogens with zero attached hydrogens (tertiary/aromatic N) is 2. The van der Waals surface area contributed by atoms with Gasteiger partial charge in [-0.2, -0.15) is 0 Å². The summed E-state index contributed by atoms with van der Waals surface area (Å²) in [6.07, 6.45) is 2.67. The number of carbonyl (C=O) groups is 1. The third kappa shape index (κ3) is 3.31. The van der Waals surface area contributed by atoms with E-state index in [1.807, 2.05) is 49.4 Å². The quantitative estimate of drug-likeness (QED) is 0.785. The minimum atomic E-state index is -0.0671. The van der Waals surface area contributed by atoms with Crippen molar-refractivity contribution in [3.8, 4) is 0 Å². The molecule has 0 saturated heterocycles. The zero-order valence-corrected chi connectivity index (χ0v) is 12.3. The predicted octanol–water partition coefficient (Wildman–Crippen LogP) is 2.51. The van der Waals surface area contributed by atoms with Crippen LogP contribution in [0.3, 0.4) is 0 Å². The number of hydrogen-bond donors (Lipinski definition) is 1. The van der Waals surface area contributed by atoms with Crippen molar-refractivity contribution in [3.63, 3.8) is 0 Å². The first-order valence-electron chi connectivity index (χ1n) is 7.25. The van der Waals surface area contributed by atoms with Crippen molar-refractivity contribution in [2.24, 2.45) is 0 Å². The fraction of sp³-hybridized carbons (Fsp3) is 0.235. The lowest BCUT2D eigenvalue weighted by Gasteiger charge is -2.12. The monoisotopic (exact) mass is 295 g/mol. The number of rotatable bonds is 5. The predicted molar refractivity (Wildman–Crippen MR) is 83.3 cm³/mol. The van der Waals surface area contributed by atoms with Gasteiger partial charge in [-0.25, -0.2) is 0 Å². The molecule has 5 heteroatoms. The molecule has 0 aliphatic carbocycles. The summed E-state index contributed by atoms with van der Waals surface area (Å²) in [5.74, 6) is -0.0671. The molecule has 2 heterocycles. The van der Waals surface area contributed by atoms with Crippen molar-refractivity contribution in [3.05, 3.63) is 60.0 Å². The Hall–Kier alpha value is -2.69. The molecule has 0 radical (unpaired) electrons. The average Bonchev–Trinajstić information content (AvgIpc) is 2.91. The fourth-order valence-electron chi connectivity index (χ4n) is 2.43. The molecule has 0 unspecified atom stereocenters. The Kier molecular flexibility index (Phi) is 4.14. The third-order valence-electron chi connectivity index (χ3n) is 3.43. The van der Waals surface area contributed by atoms with E-state index in [-0.39, 0.29) is 18.4 Å². The number of para-hydroxylation sites is 1. The Labute approximate surface area is 128 Å². The van der Waals surface area contributed by atoms with Crippen LogP contribution in [0.4, 0.5) is 0 Å². The second kappa shape index (κ2) is 6.39. The first-order valence-corrected chi connectivity index (χ1v) is 7.25. The molecule has 3 rings (SSSR count). The third-order valence-corrected chi connectivity index (χ3v) is 3.43. The van der Waals surface area contributed by atoms with Gasteiger partial charge in [0.1, 0.15) is 5.69 Å². The van der Waals surface area contributed by atoms with Gasteiger partial charge in [-0.05, 0) is 31.2 Å². The summed E-state index contributed by atoms with van der Waals surface area (Å²) < 4.78 is 5.21. The van der Waals surface area contributed by atoms with Gasteiger partial charge in [0, 0.05) is 29.7 Å². The molecule has 3 aromatic rings. The molecule has 2 aromatic heterocycles. The van der Waals surface area contributed by atoms with Crippen molar-refractivity contribution in [2.45, 2.75) is 25.8 Å². The maximum atomic E-state index is 12.1. The van der Waals surface area contributed by atoms with Crippen molar-refractivity contribution >= 4 is 16.9 Å². The van der Waals surface area contributed by atoms with Crippen LogP contribution in [0.5, 0.6) is 0 Å². The van der Waals surface area contributed by atoms with Crippen LogP contribution < -0.4 is 5.32 Å². The topological polar surface area (TPSA) is 68.0 Å². The molecule has 22 heavy (non-hydrogen) atoms. The van der Waals surface area contributed by atoms with E-state index in [2.05, 4.69) is 15.5 Å². The zero-order valence-electron chi connectivity index (χ0n) is 12.3. The minimum Gasteiger partial charge on any atom is -0.356 e. The van der Waals surface area contributed by atoms with E-state index in [1.54, 1.807) is 6.20 Å². The van der Waals surface area contributed by atoms with Crippen LogP contribution in [-0.2, 0) is 17.6 Å². The molecule has 0 fully saturated rings. The Morgan fingerprint density at radius 2 is 2.05 bits per heavy atom. The van der Waals surface area contributed by atoms with Gasteiger partial charge in [0.15, 0.2) is 5.58 Å². The summed E-state index contributed by atoms with van der Waals surface area (Å²) >= 11 is 0. The largest absolute Gasteiger partial charge is 0.356 e. The van der Waals surface area contributed by atoms with Gasteiger partial charge in [0.2, 0.25) is 5.91 Å². The fourth-order valence-corrected chi connectivity index (χ4v) is 2.43. The molecule has 1 aromatic carbocycles. The van der Waals surface area contributed by atoms with Crippen LogP contribution in [0.15, 0.2) is 53.2 Å². The molecule has 0 bridgehead atoms. The van der Waals surface area contributed by atoms with E-state index in [0.717, 1.165) is 11.1 Å². The lowest BCUT2D eigenvalue weighted by atomic mass is 10.1. The molecule has 1 atom stereocenters. The molecule has 0 saturated carbocycles. The van der Waals surface area contributed by atoms with Crippen molar-refractivity contribution in [1.82, 2.24) is 15.5 Å². The van der Waals surface area contributed by atoms with Crippen LogP contribution in [0.1, 0.15) is 18.3 Å². The van der Waals surface area contributed by atoms with Crippen LogP contribution >= 0.6 is 0 Å². The molecular weight excluding hydrogens is 278 g/mol. The van der Waals surface area contributed by atoms with Crippen LogP contribution in [0.25, 0.3) is 11.0 Å². The normalized spacial score (nSPS) is 12.2.